The Bertz CT molecular complexity index is 1620. The third-order valence-corrected chi connectivity index (χ3v) is 7.01. The summed E-state index contributed by atoms with van der Waals surface area (Å²) < 4.78 is 27.4. The molecule has 11 heteroatoms. The second-order valence-electron chi connectivity index (χ2n) is 9.39. The summed E-state index contributed by atoms with van der Waals surface area (Å²) in [7, 11) is 0. The molecular formula is C28H28FN7O3. The molecule has 200 valence electrons. The van der Waals surface area contributed by atoms with Crippen LogP contribution in [0.3, 0.4) is 0 Å². The third kappa shape index (κ3) is 5.00. The lowest BCUT2D eigenvalue weighted by atomic mass is 10.0. The van der Waals surface area contributed by atoms with Crippen LogP contribution in [0.15, 0.2) is 76.1 Å². The fourth-order valence-electron chi connectivity index (χ4n) is 5.16. The van der Waals surface area contributed by atoms with E-state index >= 15 is 0 Å². The van der Waals surface area contributed by atoms with E-state index in [9.17, 15) is 9.18 Å². The fourth-order valence-corrected chi connectivity index (χ4v) is 5.16. The number of anilines is 1. The summed E-state index contributed by atoms with van der Waals surface area (Å²) in [6.45, 7) is 5.10. The number of pyridine rings is 1. The lowest BCUT2D eigenvalue weighted by Crippen LogP contribution is -2.49. The van der Waals surface area contributed by atoms with Gasteiger partial charge in [-0.15, -0.1) is 5.10 Å². The monoisotopic (exact) mass is 529 g/mol. The first-order chi connectivity index (χ1) is 19.1. The van der Waals surface area contributed by atoms with Crippen molar-refractivity contribution in [2.45, 2.75) is 19.5 Å². The normalized spacial score (nSPS) is 15.1. The first-order valence-electron chi connectivity index (χ1n) is 12.9. The highest BCUT2D eigenvalue weighted by molar-refractivity contribution is 5.80. The highest BCUT2D eigenvalue weighted by Gasteiger charge is 2.33. The molecule has 0 saturated carbocycles. The minimum atomic E-state index is -0.540. The van der Waals surface area contributed by atoms with Crippen molar-refractivity contribution in [3.05, 3.63) is 100 Å². The number of H-pyrrole nitrogens is 1. The molecule has 1 saturated heterocycles. The van der Waals surface area contributed by atoms with E-state index < -0.39 is 6.04 Å². The largest absolute Gasteiger partial charge is 0.494 e. The maximum absolute atomic E-state index is 14.5. The van der Waals surface area contributed by atoms with Gasteiger partial charge in [0, 0.05) is 42.6 Å². The van der Waals surface area contributed by atoms with Crippen LogP contribution in [0.4, 0.5) is 10.1 Å². The summed E-state index contributed by atoms with van der Waals surface area (Å²) >= 11 is 0. The maximum Gasteiger partial charge on any atom is 0.253 e. The number of hydrogen-bond donors (Lipinski definition) is 1. The van der Waals surface area contributed by atoms with Gasteiger partial charge >= 0.3 is 0 Å². The van der Waals surface area contributed by atoms with Gasteiger partial charge in [0.25, 0.3) is 5.56 Å². The molecule has 1 N–H and O–H groups in total. The van der Waals surface area contributed by atoms with Crippen molar-refractivity contribution in [2.75, 3.05) is 37.7 Å². The first kappa shape index (κ1) is 24.8. The number of benzene rings is 2. The van der Waals surface area contributed by atoms with Crippen molar-refractivity contribution in [3.63, 3.8) is 0 Å². The fraction of sp³-hybridized carbons (Fsp3) is 0.286. The van der Waals surface area contributed by atoms with Gasteiger partial charge in [-0.05, 0) is 65.9 Å². The number of para-hydroxylation sites is 1. The highest BCUT2D eigenvalue weighted by atomic mass is 19.1. The Balaban J connectivity index is 1.39. The molecule has 2 aromatic carbocycles. The zero-order valence-corrected chi connectivity index (χ0v) is 21.5. The van der Waals surface area contributed by atoms with Crippen LogP contribution in [0.25, 0.3) is 10.9 Å². The minimum absolute atomic E-state index is 0.222. The number of fused-ring (bicyclic) bond motifs is 1. The Labute approximate surface area is 223 Å². The molecule has 0 amide bonds. The summed E-state index contributed by atoms with van der Waals surface area (Å²) in [5.74, 6) is 1.69. The van der Waals surface area contributed by atoms with Gasteiger partial charge in [0.05, 0.1) is 18.6 Å². The van der Waals surface area contributed by atoms with Crippen LogP contribution in [-0.2, 0) is 6.54 Å². The number of furan rings is 1. The molecule has 1 atom stereocenters. The molecule has 3 aromatic heterocycles. The lowest BCUT2D eigenvalue weighted by Gasteiger charge is -2.39. The minimum Gasteiger partial charge on any atom is -0.494 e. The van der Waals surface area contributed by atoms with Gasteiger partial charge in [0.1, 0.15) is 29.9 Å². The molecule has 1 aliphatic heterocycles. The SMILES string of the molecule is CCOc1ccc2[nH]c(=O)c([C@@H](c3nnnn3Cc3ccco3)N3CCN(c4ccccc4F)CC3)cc2c1. The van der Waals surface area contributed by atoms with E-state index in [4.69, 9.17) is 9.15 Å². The lowest BCUT2D eigenvalue weighted by molar-refractivity contribution is 0.199. The Hall–Kier alpha value is -4.51. The van der Waals surface area contributed by atoms with Crippen molar-refractivity contribution >= 4 is 16.6 Å². The number of halogens is 1. The van der Waals surface area contributed by atoms with E-state index in [1.54, 1.807) is 23.1 Å². The van der Waals surface area contributed by atoms with Crippen LogP contribution in [-0.4, -0.2) is 62.9 Å². The summed E-state index contributed by atoms with van der Waals surface area (Å²) in [6, 6.07) is 17.4. The van der Waals surface area contributed by atoms with Gasteiger partial charge in [-0.2, -0.15) is 0 Å². The van der Waals surface area contributed by atoms with Gasteiger partial charge in [-0.25, -0.2) is 9.07 Å². The summed E-state index contributed by atoms with van der Waals surface area (Å²) in [4.78, 5) is 20.7. The summed E-state index contributed by atoms with van der Waals surface area (Å²) in [6.07, 6.45) is 1.60. The third-order valence-electron chi connectivity index (χ3n) is 7.01. The van der Waals surface area contributed by atoms with E-state index in [-0.39, 0.29) is 11.4 Å². The Kier molecular flexibility index (Phi) is 6.80. The predicted octanol–water partition coefficient (Wildman–Crippen LogP) is 3.61. The zero-order valence-electron chi connectivity index (χ0n) is 21.5. The number of piperazine rings is 1. The molecule has 5 aromatic rings. The molecule has 4 heterocycles. The Morgan fingerprint density at radius 3 is 2.69 bits per heavy atom. The number of rotatable bonds is 8. The second kappa shape index (κ2) is 10.7. The number of aromatic nitrogens is 5. The van der Waals surface area contributed by atoms with Crippen LogP contribution >= 0.6 is 0 Å². The molecule has 1 fully saturated rings. The Morgan fingerprint density at radius 1 is 1.08 bits per heavy atom. The molecule has 10 nitrogen and oxygen atoms in total. The maximum atomic E-state index is 14.5. The first-order valence-corrected chi connectivity index (χ1v) is 12.9. The van der Waals surface area contributed by atoms with Gasteiger partial charge < -0.3 is 19.0 Å². The summed E-state index contributed by atoms with van der Waals surface area (Å²) in [5, 5.41) is 13.4. The zero-order chi connectivity index (χ0) is 26.8. The van der Waals surface area contributed by atoms with Crippen LogP contribution in [0.5, 0.6) is 5.75 Å². The van der Waals surface area contributed by atoms with E-state index in [1.165, 1.54) is 6.07 Å². The molecule has 1 aliphatic rings. The van der Waals surface area contributed by atoms with Gasteiger partial charge in [0.15, 0.2) is 5.82 Å². The molecule has 0 unspecified atom stereocenters. The number of nitrogens with one attached hydrogen (secondary N) is 1. The smallest absolute Gasteiger partial charge is 0.253 e. The van der Waals surface area contributed by atoms with Gasteiger partial charge in [-0.1, -0.05) is 12.1 Å². The molecular weight excluding hydrogens is 501 g/mol. The number of nitrogens with zero attached hydrogens (tertiary/aromatic N) is 6. The molecule has 0 radical (unpaired) electrons. The van der Waals surface area contributed by atoms with E-state index in [2.05, 4.69) is 25.4 Å². The average Bonchev–Trinajstić information content (AvgIpc) is 3.63. The number of tetrazole rings is 1. The summed E-state index contributed by atoms with van der Waals surface area (Å²) in [5.41, 5.74) is 1.58. The van der Waals surface area contributed by atoms with Crippen LogP contribution in [0, 0.1) is 5.82 Å². The molecule has 0 bridgehead atoms. The standard InChI is InChI=1S/C28H28FN7O3/c1-2-38-20-9-10-24-19(16-20)17-22(28(37)30-24)26(27-31-32-33-36(27)18-21-6-5-15-39-21)35-13-11-34(12-14-35)25-8-4-3-7-23(25)29/h3-10,15-17,26H,2,11-14,18H2,1H3,(H,30,37)/t26-/m0/s1. The van der Waals surface area contributed by atoms with Crippen molar-refractivity contribution < 1.29 is 13.5 Å². The number of hydrogen-bond acceptors (Lipinski definition) is 8. The van der Waals surface area contributed by atoms with Crippen LogP contribution < -0.4 is 15.2 Å². The molecule has 0 spiro atoms. The Morgan fingerprint density at radius 2 is 1.92 bits per heavy atom. The van der Waals surface area contributed by atoms with Crippen molar-refractivity contribution in [1.29, 1.82) is 0 Å². The number of ether oxygens (including phenoxy) is 1. The van der Waals surface area contributed by atoms with Crippen molar-refractivity contribution in [3.8, 4) is 5.75 Å². The van der Waals surface area contributed by atoms with Gasteiger partial charge in [0.2, 0.25) is 0 Å². The number of aromatic amines is 1. The van der Waals surface area contributed by atoms with E-state index in [1.807, 2.05) is 54.3 Å². The predicted molar refractivity (Wildman–Crippen MR) is 143 cm³/mol. The molecule has 39 heavy (non-hydrogen) atoms. The highest BCUT2D eigenvalue weighted by Crippen LogP contribution is 2.30. The molecule has 0 aliphatic carbocycles. The van der Waals surface area contributed by atoms with Crippen LogP contribution in [0.1, 0.15) is 30.1 Å². The van der Waals surface area contributed by atoms with Crippen molar-refractivity contribution in [2.24, 2.45) is 0 Å². The van der Waals surface area contributed by atoms with Gasteiger partial charge in [-0.3, -0.25) is 9.69 Å². The molecule has 6 rings (SSSR count). The van der Waals surface area contributed by atoms with Crippen molar-refractivity contribution in [1.82, 2.24) is 30.1 Å². The van der Waals surface area contributed by atoms with E-state index in [0.717, 1.165) is 11.1 Å². The quantitative estimate of drug-likeness (QED) is 0.325. The second-order valence-corrected chi connectivity index (χ2v) is 9.39. The van der Waals surface area contributed by atoms with Crippen LogP contribution in [0.2, 0.25) is 0 Å². The topological polar surface area (TPSA) is 105 Å². The van der Waals surface area contributed by atoms with E-state index in [0.29, 0.717) is 67.7 Å². The average molecular weight is 530 g/mol.